The predicted molar refractivity (Wildman–Crippen MR) is 302 cm³/mol. The van der Waals surface area contributed by atoms with Gasteiger partial charge in [-0.25, -0.2) is 4.90 Å². The number of carbonyl (C=O) groups excluding carboxylic acids is 2. The predicted octanol–water partition coefficient (Wildman–Crippen LogP) is 12.6. The molecule has 2 amide bonds. The Balaban J connectivity index is 0.000000233. The lowest BCUT2D eigenvalue weighted by atomic mass is 10.1. The number of fused-ring (bicyclic) bond motifs is 2. The van der Waals surface area contributed by atoms with Crippen LogP contribution in [0, 0.1) is 13.8 Å². The van der Waals surface area contributed by atoms with Crippen molar-refractivity contribution in [3.8, 4) is 0 Å². The molecule has 14 nitrogen and oxygen atoms in total. The van der Waals surface area contributed by atoms with Gasteiger partial charge in [-0.1, -0.05) is 76.4 Å². The van der Waals surface area contributed by atoms with Crippen molar-refractivity contribution in [2.45, 2.75) is 223 Å². The van der Waals surface area contributed by atoms with Crippen molar-refractivity contribution in [2.75, 3.05) is 34.5 Å². The Bertz CT molecular complexity index is 2030. The summed E-state index contributed by atoms with van der Waals surface area (Å²) < 4.78 is 37.6. The van der Waals surface area contributed by atoms with E-state index in [1.165, 1.54) is 39.5 Å². The van der Waals surface area contributed by atoms with Gasteiger partial charge in [0, 0.05) is 66.9 Å². The third-order valence-electron chi connectivity index (χ3n) is 14.1. The maximum atomic E-state index is 11.8. The van der Waals surface area contributed by atoms with E-state index in [2.05, 4.69) is 171 Å². The second-order valence-electron chi connectivity index (χ2n) is 22.7. The summed E-state index contributed by atoms with van der Waals surface area (Å²) in [6.07, 6.45) is 0.236. The van der Waals surface area contributed by atoms with E-state index in [-0.39, 0.29) is 49.1 Å². The van der Waals surface area contributed by atoms with Gasteiger partial charge in [0.2, 0.25) is 0 Å². The lowest BCUT2D eigenvalue weighted by molar-refractivity contribution is -0.311. The number of carbonyl (C=O) groups is 2. The highest BCUT2D eigenvalue weighted by molar-refractivity contribution is 6.95. The maximum absolute atomic E-state index is 11.8. The van der Waals surface area contributed by atoms with Crippen LogP contribution >= 0.6 is 0 Å². The van der Waals surface area contributed by atoms with Crippen molar-refractivity contribution < 1.29 is 38.0 Å². The molecule has 0 aliphatic carbocycles. The van der Waals surface area contributed by atoms with Gasteiger partial charge in [-0.3, -0.25) is 24.3 Å². The number of aryl methyl sites for hydroxylation is 2. The Morgan fingerprint density at radius 2 is 0.932 bits per heavy atom. The summed E-state index contributed by atoms with van der Waals surface area (Å²) in [6.45, 7) is 48.0. The van der Waals surface area contributed by atoms with Gasteiger partial charge in [-0.15, -0.1) is 0 Å². The Morgan fingerprint density at radius 3 is 1.22 bits per heavy atom. The molecular weight excluding hydrogens is 953 g/mol. The quantitative estimate of drug-likeness (QED) is 0.158. The lowest BCUT2D eigenvalue weighted by Crippen LogP contribution is -2.57. The molecule has 0 N–H and O–H groups in total. The van der Waals surface area contributed by atoms with Crippen LogP contribution in [-0.4, -0.2) is 140 Å². The first kappa shape index (κ1) is 64.2. The van der Waals surface area contributed by atoms with Crippen molar-refractivity contribution in [1.29, 1.82) is 0 Å². The Morgan fingerprint density at radius 1 is 0.534 bits per heavy atom. The molecule has 2 aromatic carbocycles. The van der Waals surface area contributed by atoms with E-state index in [4.69, 9.17) is 28.4 Å². The highest BCUT2D eigenvalue weighted by atomic mass is 28.4. The largest absolute Gasteiger partial charge is 0.362 e. The Labute approximate surface area is 445 Å². The van der Waals surface area contributed by atoms with Gasteiger partial charge < -0.3 is 37.2 Å². The summed E-state index contributed by atoms with van der Waals surface area (Å²) in [7, 11) is 1.54. The minimum atomic E-state index is -0.973. The molecule has 4 unspecified atom stereocenters. The van der Waals surface area contributed by atoms with E-state index in [9.17, 15) is 9.59 Å². The molecule has 8 rings (SSSR count). The van der Waals surface area contributed by atoms with Crippen molar-refractivity contribution in [1.82, 2.24) is 28.4 Å². The average Bonchev–Trinajstić information content (AvgIpc) is 3.99. The molecule has 16 heteroatoms. The zero-order valence-electron chi connectivity index (χ0n) is 49.6. The van der Waals surface area contributed by atoms with E-state index in [1.54, 1.807) is 38.5 Å². The zero-order chi connectivity index (χ0) is 55.3. The highest BCUT2D eigenvalue weighted by Gasteiger charge is 2.48. The lowest BCUT2D eigenvalue weighted by Gasteiger charge is -2.43. The number of rotatable bonds is 8. The monoisotopic (exact) mass is 1050 g/mol. The topological polar surface area (TPSA) is 111 Å². The molecule has 6 heterocycles. The first-order valence-electron chi connectivity index (χ1n) is 26.9. The first-order chi connectivity index (χ1) is 34.1. The van der Waals surface area contributed by atoms with Crippen LogP contribution in [0.15, 0.2) is 60.7 Å². The molecule has 414 valence electrons. The Hall–Kier alpha value is -3.11. The van der Waals surface area contributed by atoms with Gasteiger partial charge in [-0.05, 0) is 146 Å². The number of hydrogen-bond donors (Lipinski definition) is 0. The Kier molecular flexibility index (Phi) is 25.4. The molecule has 5 aliphatic rings. The summed E-state index contributed by atoms with van der Waals surface area (Å²) in [5, 5.41) is 0. The van der Waals surface area contributed by atoms with Crippen molar-refractivity contribution in [3.05, 3.63) is 94.3 Å². The molecular formula is C57H100N6O8Si2. The minimum Gasteiger partial charge on any atom is -0.362 e. The van der Waals surface area contributed by atoms with Crippen LogP contribution in [0.3, 0.4) is 0 Å². The number of hydrogen-bond acceptors (Lipinski definition) is 12. The fourth-order valence-corrected chi connectivity index (χ4v) is 26.6. The summed E-state index contributed by atoms with van der Waals surface area (Å²) in [4.78, 5) is 31.4. The van der Waals surface area contributed by atoms with E-state index < -0.39 is 16.5 Å². The molecule has 0 radical (unpaired) electrons. The normalized spacial score (nSPS) is 23.8. The van der Waals surface area contributed by atoms with Gasteiger partial charge >= 0.3 is 0 Å². The van der Waals surface area contributed by atoms with E-state index in [0.29, 0.717) is 55.5 Å². The van der Waals surface area contributed by atoms with E-state index in [1.807, 2.05) is 32.9 Å². The molecule has 4 atom stereocenters. The van der Waals surface area contributed by atoms with Crippen LogP contribution in [0.4, 0.5) is 0 Å². The van der Waals surface area contributed by atoms with Gasteiger partial charge in [0.05, 0.1) is 11.1 Å². The standard InChI is InChI=1S/C13H19NO2.C11H11NO2.C9H19NO2.C9H23NSi2.C9H15N.C6H13NO2/c1-9(2)14-12(15-3)10-7-5-6-8-11(10)13(14)16-4;1-7(2)12-10(13)8-5-3-4-6-9(8)11(12)14;1-6(2)10-7(3)11-9(5)12-8(10)4;1-9(2)10-11(3,4)7-8-12(10,5)6;1-7(2)10-8(3)5-6-9(10)4;1-6(2)7-3-8-5-9-4-7/h5-9,12-13H,1-4H3;3-7H,1-2H3;6-9H,1-5H3;9H,7-8H2,1-6H3;5-7H,1-4H3;6H,3-5H2,1-2H3. The van der Waals surface area contributed by atoms with Crippen LogP contribution in [0.5, 0.6) is 0 Å². The summed E-state index contributed by atoms with van der Waals surface area (Å²) in [5.74, 6) is -0.360. The number of aromatic nitrogens is 1. The summed E-state index contributed by atoms with van der Waals surface area (Å²) in [6, 6.07) is 25.3. The summed E-state index contributed by atoms with van der Waals surface area (Å²) >= 11 is 0. The third kappa shape index (κ3) is 16.9. The molecule has 5 aliphatic heterocycles. The van der Waals surface area contributed by atoms with Crippen LogP contribution in [0.2, 0.25) is 38.3 Å². The van der Waals surface area contributed by atoms with E-state index >= 15 is 0 Å². The van der Waals surface area contributed by atoms with Gasteiger partial charge in [-0.2, -0.15) is 0 Å². The third-order valence-corrected chi connectivity index (χ3v) is 24.8. The molecule has 3 aromatic rings. The van der Waals surface area contributed by atoms with Gasteiger partial charge in [0.1, 0.15) is 61.6 Å². The molecule has 3 saturated heterocycles. The van der Waals surface area contributed by atoms with Gasteiger partial charge in [0.15, 0.2) is 6.29 Å². The smallest absolute Gasteiger partial charge is 0.261 e. The molecule has 73 heavy (non-hydrogen) atoms. The number of amides is 2. The molecule has 1 aromatic heterocycles. The van der Waals surface area contributed by atoms with Crippen molar-refractivity contribution >= 4 is 28.3 Å². The fraction of sp³-hybridized carbons (Fsp3) is 0.684. The highest BCUT2D eigenvalue weighted by Crippen LogP contribution is 2.44. The zero-order valence-corrected chi connectivity index (χ0v) is 51.6. The molecule has 3 fully saturated rings. The molecule has 0 saturated carbocycles. The van der Waals surface area contributed by atoms with Gasteiger partial charge in [0.25, 0.3) is 11.8 Å². The minimum absolute atomic E-state index is 0.00106. The molecule has 0 bridgehead atoms. The second-order valence-corrected chi connectivity index (χ2v) is 32.3. The molecule has 0 spiro atoms. The number of ether oxygens (including phenoxy) is 6. The van der Waals surface area contributed by atoms with E-state index in [0.717, 1.165) is 6.04 Å². The number of nitrogens with zero attached hydrogens (tertiary/aromatic N) is 6. The summed E-state index contributed by atoms with van der Waals surface area (Å²) in [5.41, 5.74) is 6.17. The maximum Gasteiger partial charge on any atom is 0.261 e. The first-order valence-corrected chi connectivity index (χ1v) is 33.2. The van der Waals surface area contributed by atoms with Crippen LogP contribution in [-0.2, 0) is 28.4 Å². The number of methoxy groups -OCH3 is 2. The second kappa shape index (κ2) is 28.9. The van der Waals surface area contributed by atoms with Crippen LogP contribution in [0.1, 0.15) is 166 Å². The number of benzene rings is 2. The fourth-order valence-electron chi connectivity index (χ4n) is 11.3. The van der Waals surface area contributed by atoms with Crippen LogP contribution < -0.4 is 0 Å². The van der Waals surface area contributed by atoms with Crippen molar-refractivity contribution in [2.24, 2.45) is 0 Å². The van der Waals surface area contributed by atoms with Crippen LogP contribution in [0.25, 0.3) is 0 Å². The van der Waals surface area contributed by atoms with Crippen molar-refractivity contribution in [3.63, 3.8) is 0 Å². The average molecular weight is 1050 g/mol. The number of imide groups is 1. The SMILES string of the molecule is CC(C)N1C(=O)c2ccccc2C1=O.CC(C)N1COCOC1.CC(C)N1[Si](C)(C)CC[Si]1(C)C.CC1OC(C)N(C(C)C)C(C)O1.COC1c2ccccc2C(OC)N1C(C)C.Cc1ccc(C)n1C(C)C.